The summed E-state index contributed by atoms with van der Waals surface area (Å²) in [6, 6.07) is 19.0. The predicted molar refractivity (Wildman–Crippen MR) is 109 cm³/mol. The largest absolute Gasteiger partial charge is 0.350 e. The van der Waals surface area contributed by atoms with Crippen molar-refractivity contribution in [1.82, 2.24) is 5.06 Å². The zero-order valence-electron chi connectivity index (χ0n) is 15.2. The number of halogens is 2. The van der Waals surface area contributed by atoms with Gasteiger partial charge in [0.15, 0.2) is 0 Å². The molecule has 0 saturated heterocycles. The molecule has 1 atom stereocenters. The van der Waals surface area contributed by atoms with Gasteiger partial charge < -0.3 is 4.84 Å². The third-order valence-electron chi connectivity index (χ3n) is 4.40. The highest BCUT2D eigenvalue weighted by molar-refractivity contribution is 8.00. The molecule has 5 nitrogen and oxygen atoms in total. The van der Waals surface area contributed by atoms with Gasteiger partial charge in [-0.3, -0.25) is 9.59 Å². The first-order valence-corrected chi connectivity index (χ1v) is 10.1. The summed E-state index contributed by atoms with van der Waals surface area (Å²) in [6.45, 7) is 0. The van der Waals surface area contributed by atoms with E-state index in [4.69, 9.17) is 16.4 Å². The molecule has 0 saturated carbocycles. The second kappa shape index (κ2) is 8.30. The molecular formula is C22H13ClFNO4S. The van der Waals surface area contributed by atoms with Gasteiger partial charge in [0.25, 0.3) is 11.8 Å². The third-order valence-corrected chi connectivity index (χ3v) is 5.92. The number of hydrogen-bond acceptors (Lipinski definition) is 5. The Hall–Kier alpha value is -3.16. The molecule has 1 unspecified atom stereocenters. The zero-order valence-corrected chi connectivity index (χ0v) is 16.8. The van der Waals surface area contributed by atoms with Gasteiger partial charge in [-0.05, 0) is 35.9 Å². The molecule has 30 heavy (non-hydrogen) atoms. The number of hydrogen-bond donors (Lipinski definition) is 0. The van der Waals surface area contributed by atoms with Gasteiger partial charge in [-0.1, -0.05) is 59.1 Å². The second-order valence-electron chi connectivity index (χ2n) is 6.35. The number of fused-ring (bicyclic) bond motifs is 1. The zero-order chi connectivity index (χ0) is 21.3. The summed E-state index contributed by atoms with van der Waals surface area (Å²) in [7, 11) is 0. The summed E-state index contributed by atoms with van der Waals surface area (Å²) in [4.78, 5) is 43.8. The second-order valence-corrected chi connectivity index (χ2v) is 7.93. The van der Waals surface area contributed by atoms with Crippen molar-refractivity contribution in [3.8, 4) is 0 Å². The lowest BCUT2D eigenvalue weighted by molar-refractivity contribution is -0.167. The molecule has 0 fully saturated rings. The standard InChI is InChI=1S/C22H13ClFNO4S/c23-17-12-14(10-11-18(17)24)30-19(13-6-2-1-3-7-13)22(28)29-25-20(26)15-8-4-5-9-16(15)21(25)27/h1-12,19H. The molecule has 2 amide bonds. The fourth-order valence-electron chi connectivity index (χ4n) is 2.95. The molecule has 0 spiro atoms. The van der Waals surface area contributed by atoms with Crippen molar-refractivity contribution in [2.45, 2.75) is 10.1 Å². The van der Waals surface area contributed by atoms with E-state index in [1.165, 1.54) is 30.3 Å². The van der Waals surface area contributed by atoms with E-state index in [1.54, 1.807) is 42.5 Å². The molecule has 0 aliphatic carbocycles. The Morgan fingerprint density at radius 2 is 1.53 bits per heavy atom. The minimum absolute atomic E-state index is 0.0828. The van der Waals surface area contributed by atoms with E-state index >= 15 is 0 Å². The average Bonchev–Trinajstić information content (AvgIpc) is 3.00. The molecule has 150 valence electrons. The average molecular weight is 442 g/mol. The van der Waals surface area contributed by atoms with Gasteiger partial charge in [-0.15, -0.1) is 11.8 Å². The number of nitrogens with zero attached hydrogens (tertiary/aromatic N) is 1. The predicted octanol–water partition coefficient (Wildman–Crippen LogP) is 5.07. The number of rotatable bonds is 5. The lowest BCUT2D eigenvalue weighted by Crippen LogP contribution is -2.34. The fourth-order valence-corrected chi connectivity index (χ4v) is 4.24. The van der Waals surface area contributed by atoms with Crippen LogP contribution in [0.3, 0.4) is 0 Å². The highest BCUT2D eigenvalue weighted by Crippen LogP contribution is 2.38. The molecule has 3 aromatic carbocycles. The number of benzene rings is 3. The summed E-state index contributed by atoms with van der Waals surface area (Å²) >= 11 is 6.92. The van der Waals surface area contributed by atoms with E-state index in [0.717, 1.165) is 11.8 Å². The lowest BCUT2D eigenvalue weighted by atomic mass is 10.1. The molecule has 1 heterocycles. The molecule has 0 radical (unpaired) electrons. The van der Waals surface area contributed by atoms with Crippen LogP contribution in [0.15, 0.2) is 77.7 Å². The maximum atomic E-state index is 13.5. The molecular weight excluding hydrogens is 429 g/mol. The number of carbonyl (C=O) groups excluding carboxylic acids is 3. The van der Waals surface area contributed by atoms with Crippen molar-refractivity contribution in [3.05, 3.63) is 100 Å². The van der Waals surface area contributed by atoms with E-state index in [2.05, 4.69) is 0 Å². The molecule has 0 aromatic heterocycles. The van der Waals surface area contributed by atoms with Crippen LogP contribution in [-0.2, 0) is 9.63 Å². The minimum Gasteiger partial charge on any atom is -0.328 e. The molecule has 1 aliphatic heterocycles. The number of hydroxylamine groups is 2. The number of carbonyl (C=O) groups is 3. The Kier molecular flexibility index (Phi) is 5.57. The van der Waals surface area contributed by atoms with Gasteiger partial charge in [0.2, 0.25) is 0 Å². The molecule has 3 aromatic rings. The molecule has 0 bridgehead atoms. The van der Waals surface area contributed by atoms with Crippen LogP contribution in [0, 0.1) is 5.82 Å². The van der Waals surface area contributed by atoms with E-state index in [0.29, 0.717) is 15.5 Å². The smallest absolute Gasteiger partial charge is 0.328 e. The van der Waals surface area contributed by atoms with Crippen LogP contribution in [0.4, 0.5) is 4.39 Å². The topological polar surface area (TPSA) is 63.7 Å². The minimum atomic E-state index is -0.919. The Morgan fingerprint density at radius 3 is 2.13 bits per heavy atom. The Labute approximate surface area is 180 Å². The van der Waals surface area contributed by atoms with Crippen LogP contribution >= 0.6 is 23.4 Å². The van der Waals surface area contributed by atoms with Crippen LogP contribution in [-0.4, -0.2) is 22.8 Å². The van der Waals surface area contributed by atoms with Gasteiger partial charge in [0.1, 0.15) is 11.1 Å². The van der Waals surface area contributed by atoms with E-state index < -0.39 is 28.9 Å². The highest BCUT2D eigenvalue weighted by Gasteiger charge is 2.40. The van der Waals surface area contributed by atoms with Crippen molar-refractivity contribution in [1.29, 1.82) is 0 Å². The summed E-state index contributed by atoms with van der Waals surface area (Å²) in [5.41, 5.74) is 0.929. The van der Waals surface area contributed by atoms with Gasteiger partial charge in [0, 0.05) is 4.90 Å². The van der Waals surface area contributed by atoms with Gasteiger partial charge in [-0.25, -0.2) is 9.18 Å². The number of amides is 2. The van der Waals surface area contributed by atoms with Crippen LogP contribution in [0.25, 0.3) is 0 Å². The van der Waals surface area contributed by atoms with Gasteiger partial charge >= 0.3 is 5.97 Å². The lowest BCUT2D eigenvalue weighted by Gasteiger charge is -2.19. The Balaban J connectivity index is 1.61. The third kappa shape index (κ3) is 3.81. The summed E-state index contributed by atoms with van der Waals surface area (Å²) in [6.07, 6.45) is 0. The first kappa shape index (κ1) is 20.1. The van der Waals surface area contributed by atoms with Crippen molar-refractivity contribution < 1.29 is 23.6 Å². The maximum absolute atomic E-state index is 13.5. The summed E-state index contributed by atoms with van der Waals surface area (Å²) < 4.78 is 13.5. The quantitative estimate of drug-likeness (QED) is 0.408. The van der Waals surface area contributed by atoms with Gasteiger partial charge in [-0.2, -0.15) is 0 Å². The Morgan fingerprint density at radius 1 is 0.933 bits per heavy atom. The molecule has 4 rings (SSSR count). The number of imide groups is 1. The van der Waals surface area contributed by atoms with Crippen LogP contribution < -0.4 is 0 Å². The van der Waals surface area contributed by atoms with Crippen molar-refractivity contribution in [3.63, 3.8) is 0 Å². The van der Waals surface area contributed by atoms with Crippen molar-refractivity contribution >= 4 is 41.1 Å². The number of thioether (sulfide) groups is 1. The SMILES string of the molecule is O=C(ON1C(=O)c2ccccc2C1=O)C(Sc1ccc(F)c(Cl)c1)c1ccccc1. The van der Waals surface area contributed by atoms with Crippen LogP contribution in [0.2, 0.25) is 5.02 Å². The molecule has 0 N–H and O–H groups in total. The summed E-state index contributed by atoms with van der Waals surface area (Å²) in [5, 5.41) is -0.529. The van der Waals surface area contributed by atoms with Crippen molar-refractivity contribution in [2.24, 2.45) is 0 Å². The van der Waals surface area contributed by atoms with E-state index in [9.17, 15) is 18.8 Å². The normalized spacial score (nSPS) is 13.9. The molecule has 1 aliphatic rings. The maximum Gasteiger partial charge on any atom is 0.350 e. The fraction of sp³-hybridized carbons (Fsp3) is 0.0455. The first-order chi connectivity index (χ1) is 14.5. The van der Waals surface area contributed by atoms with Crippen molar-refractivity contribution in [2.75, 3.05) is 0 Å². The van der Waals surface area contributed by atoms with E-state index in [1.807, 2.05) is 0 Å². The van der Waals surface area contributed by atoms with Crippen LogP contribution in [0.1, 0.15) is 31.5 Å². The Bertz CT molecular complexity index is 1120. The summed E-state index contributed by atoms with van der Waals surface area (Å²) in [5.74, 6) is -2.80. The monoisotopic (exact) mass is 441 g/mol. The highest BCUT2D eigenvalue weighted by atomic mass is 35.5. The van der Waals surface area contributed by atoms with Gasteiger partial charge in [0.05, 0.1) is 16.1 Å². The van der Waals surface area contributed by atoms with Crippen LogP contribution in [0.5, 0.6) is 0 Å². The molecule has 8 heteroatoms. The first-order valence-electron chi connectivity index (χ1n) is 8.82. The van der Waals surface area contributed by atoms with E-state index in [-0.39, 0.29) is 16.1 Å².